The van der Waals surface area contributed by atoms with Gasteiger partial charge in [0.25, 0.3) is 0 Å². The molecule has 21 heavy (non-hydrogen) atoms. The van der Waals surface area contributed by atoms with Gasteiger partial charge in [0.1, 0.15) is 0 Å². The molecule has 0 aromatic carbocycles. The first-order chi connectivity index (χ1) is 9.94. The number of hydrogen-bond acceptors (Lipinski definition) is 4. The predicted octanol–water partition coefficient (Wildman–Crippen LogP) is 0.554. The molecule has 1 N–H and O–H groups in total. The Kier molecular flexibility index (Phi) is 5.30. The molecular weight excluding hydrogens is 290 g/mol. The Morgan fingerprint density at radius 1 is 1.43 bits per heavy atom. The van der Waals surface area contributed by atoms with Crippen molar-refractivity contribution in [2.45, 2.75) is 31.7 Å². The predicted molar refractivity (Wildman–Crippen MR) is 80.1 cm³/mol. The third-order valence-electron chi connectivity index (χ3n) is 3.58. The summed E-state index contributed by atoms with van der Waals surface area (Å²) in [7, 11) is -3.17. The third-order valence-corrected chi connectivity index (χ3v) is 4.34. The number of likely N-dealkylation sites (tertiary alicyclic amines) is 1. The smallest absolute Gasteiger partial charge is 0.222 e. The van der Waals surface area contributed by atoms with Gasteiger partial charge in [-0.05, 0) is 30.9 Å². The van der Waals surface area contributed by atoms with Crippen LogP contribution in [0.15, 0.2) is 24.5 Å². The molecule has 0 radical (unpaired) electrons. The summed E-state index contributed by atoms with van der Waals surface area (Å²) in [5.41, 5.74) is 1.06. The molecule has 0 atom stereocenters. The quantitative estimate of drug-likeness (QED) is 0.861. The lowest BCUT2D eigenvalue weighted by Crippen LogP contribution is -2.46. The first kappa shape index (κ1) is 15.9. The molecule has 1 aliphatic heterocycles. The Labute approximate surface area is 125 Å². The molecule has 1 amide bonds. The molecule has 2 rings (SSSR count). The van der Waals surface area contributed by atoms with Crippen LogP contribution in [0.25, 0.3) is 0 Å². The van der Waals surface area contributed by atoms with Crippen LogP contribution in [-0.4, -0.2) is 49.6 Å². The van der Waals surface area contributed by atoms with Gasteiger partial charge in [-0.25, -0.2) is 13.1 Å². The number of piperidine rings is 1. The van der Waals surface area contributed by atoms with Crippen molar-refractivity contribution in [3.8, 4) is 0 Å². The first-order valence-electron chi connectivity index (χ1n) is 7.08. The van der Waals surface area contributed by atoms with Crippen LogP contribution in [0, 0.1) is 0 Å². The highest BCUT2D eigenvalue weighted by molar-refractivity contribution is 7.88. The average molecular weight is 311 g/mol. The molecule has 7 heteroatoms. The van der Waals surface area contributed by atoms with Crippen LogP contribution in [-0.2, 0) is 21.2 Å². The van der Waals surface area contributed by atoms with E-state index in [1.807, 2.05) is 17.0 Å². The van der Waals surface area contributed by atoms with Gasteiger partial charge in [-0.3, -0.25) is 9.78 Å². The maximum Gasteiger partial charge on any atom is 0.222 e. The monoisotopic (exact) mass is 311 g/mol. The standard InChI is InChI=1S/C14H21N3O3S/c1-21(19,20)16-13-6-9-17(10-7-13)14(18)5-4-12-3-2-8-15-11-12/h2-3,8,11,13,16H,4-7,9-10H2,1H3. The van der Waals surface area contributed by atoms with Crippen molar-refractivity contribution >= 4 is 15.9 Å². The largest absolute Gasteiger partial charge is 0.343 e. The van der Waals surface area contributed by atoms with Crippen molar-refractivity contribution in [1.82, 2.24) is 14.6 Å². The van der Waals surface area contributed by atoms with Crippen LogP contribution in [0.1, 0.15) is 24.8 Å². The Morgan fingerprint density at radius 3 is 2.71 bits per heavy atom. The molecule has 116 valence electrons. The molecule has 1 fully saturated rings. The Hall–Kier alpha value is -1.47. The minimum absolute atomic E-state index is 0.0534. The lowest BCUT2D eigenvalue weighted by atomic mass is 10.0. The van der Waals surface area contributed by atoms with Gasteiger partial charge in [-0.2, -0.15) is 0 Å². The van der Waals surface area contributed by atoms with Crippen LogP contribution >= 0.6 is 0 Å². The summed E-state index contributed by atoms with van der Waals surface area (Å²) in [5, 5.41) is 0. The van der Waals surface area contributed by atoms with E-state index in [0.29, 0.717) is 38.8 Å². The first-order valence-corrected chi connectivity index (χ1v) is 8.97. The van der Waals surface area contributed by atoms with E-state index in [9.17, 15) is 13.2 Å². The van der Waals surface area contributed by atoms with Gasteiger partial charge >= 0.3 is 0 Å². The molecule has 1 aromatic rings. The highest BCUT2D eigenvalue weighted by atomic mass is 32.2. The fraction of sp³-hybridized carbons (Fsp3) is 0.571. The normalized spacial score (nSPS) is 16.9. The molecule has 0 bridgehead atoms. The fourth-order valence-electron chi connectivity index (χ4n) is 2.50. The molecule has 0 aliphatic carbocycles. The lowest BCUT2D eigenvalue weighted by Gasteiger charge is -2.32. The number of nitrogens with zero attached hydrogens (tertiary/aromatic N) is 2. The second kappa shape index (κ2) is 7.00. The van der Waals surface area contributed by atoms with E-state index in [-0.39, 0.29) is 11.9 Å². The van der Waals surface area contributed by atoms with Gasteiger partial charge < -0.3 is 4.90 Å². The van der Waals surface area contributed by atoms with Gasteiger partial charge in [0, 0.05) is 37.9 Å². The number of aromatic nitrogens is 1. The van der Waals surface area contributed by atoms with Gasteiger partial charge in [0.15, 0.2) is 0 Å². The molecule has 0 spiro atoms. The number of amides is 1. The van der Waals surface area contributed by atoms with Crippen molar-refractivity contribution in [1.29, 1.82) is 0 Å². The maximum absolute atomic E-state index is 12.1. The summed E-state index contributed by atoms with van der Waals surface area (Å²) in [6.07, 6.45) is 7.15. The van der Waals surface area contributed by atoms with Gasteiger partial charge in [0.05, 0.1) is 6.26 Å². The summed E-state index contributed by atoms with van der Waals surface area (Å²) in [5.74, 6) is 0.122. The number of carbonyl (C=O) groups excluding carboxylic acids is 1. The second-order valence-corrected chi connectivity index (χ2v) is 7.19. The van der Waals surface area contributed by atoms with Crippen LogP contribution in [0.4, 0.5) is 0 Å². The third kappa shape index (κ3) is 5.43. The molecule has 0 unspecified atom stereocenters. The summed E-state index contributed by atoms with van der Waals surface area (Å²) >= 11 is 0. The topological polar surface area (TPSA) is 79.4 Å². The van der Waals surface area contributed by atoms with Crippen LogP contribution in [0.3, 0.4) is 0 Å². The number of carbonyl (C=O) groups is 1. The molecule has 1 aromatic heterocycles. The minimum Gasteiger partial charge on any atom is -0.343 e. The zero-order chi connectivity index (χ0) is 15.3. The number of rotatable bonds is 5. The van der Waals surface area contributed by atoms with Gasteiger partial charge in [-0.1, -0.05) is 6.07 Å². The number of hydrogen-bond donors (Lipinski definition) is 1. The van der Waals surface area contributed by atoms with E-state index in [2.05, 4.69) is 9.71 Å². The highest BCUT2D eigenvalue weighted by Crippen LogP contribution is 2.13. The fourth-order valence-corrected chi connectivity index (χ4v) is 3.35. The number of pyridine rings is 1. The van der Waals surface area contributed by atoms with Crippen LogP contribution < -0.4 is 4.72 Å². The Bertz CT molecular complexity index is 566. The molecule has 0 saturated carbocycles. The van der Waals surface area contributed by atoms with E-state index in [0.717, 1.165) is 5.56 Å². The number of sulfonamides is 1. The SMILES string of the molecule is CS(=O)(=O)NC1CCN(C(=O)CCc2cccnc2)CC1. The van der Waals surface area contributed by atoms with E-state index in [4.69, 9.17) is 0 Å². The van der Waals surface area contributed by atoms with Gasteiger partial charge in [-0.15, -0.1) is 0 Å². The van der Waals surface area contributed by atoms with E-state index in [1.54, 1.807) is 12.4 Å². The molecule has 1 aliphatic rings. The van der Waals surface area contributed by atoms with Crippen molar-refractivity contribution in [2.24, 2.45) is 0 Å². The van der Waals surface area contributed by atoms with Crippen molar-refractivity contribution in [2.75, 3.05) is 19.3 Å². The molecule has 2 heterocycles. The van der Waals surface area contributed by atoms with Gasteiger partial charge in [0.2, 0.25) is 15.9 Å². The highest BCUT2D eigenvalue weighted by Gasteiger charge is 2.24. The van der Waals surface area contributed by atoms with Crippen molar-refractivity contribution in [3.63, 3.8) is 0 Å². The van der Waals surface area contributed by atoms with E-state index < -0.39 is 10.0 Å². The van der Waals surface area contributed by atoms with Crippen LogP contribution in [0.2, 0.25) is 0 Å². The van der Waals surface area contributed by atoms with E-state index >= 15 is 0 Å². The molecule has 1 saturated heterocycles. The Balaban J connectivity index is 1.75. The van der Waals surface area contributed by atoms with Crippen molar-refractivity contribution < 1.29 is 13.2 Å². The molecular formula is C14H21N3O3S. The summed E-state index contributed by atoms with van der Waals surface area (Å²) < 4.78 is 25.0. The van der Waals surface area contributed by atoms with Crippen LogP contribution in [0.5, 0.6) is 0 Å². The maximum atomic E-state index is 12.1. The van der Waals surface area contributed by atoms with Crippen molar-refractivity contribution in [3.05, 3.63) is 30.1 Å². The van der Waals surface area contributed by atoms with E-state index in [1.165, 1.54) is 6.26 Å². The average Bonchev–Trinajstić information content (AvgIpc) is 2.45. The summed E-state index contributed by atoms with van der Waals surface area (Å²) in [6, 6.07) is 3.77. The molecule has 6 nitrogen and oxygen atoms in total. The summed E-state index contributed by atoms with van der Waals surface area (Å²) in [4.78, 5) is 18.0. The lowest BCUT2D eigenvalue weighted by molar-refractivity contribution is -0.132. The zero-order valence-electron chi connectivity index (χ0n) is 12.2. The Morgan fingerprint density at radius 2 is 2.14 bits per heavy atom. The second-order valence-electron chi connectivity index (χ2n) is 5.41. The number of nitrogens with one attached hydrogen (secondary N) is 1. The minimum atomic E-state index is -3.17. The number of aryl methyl sites for hydroxylation is 1. The zero-order valence-corrected chi connectivity index (χ0v) is 13.0. The summed E-state index contributed by atoms with van der Waals surface area (Å²) in [6.45, 7) is 1.22.